The molecule has 0 amide bonds. The van der Waals surface area contributed by atoms with E-state index in [1.807, 2.05) is 20.8 Å². The molecule has 104 valence electrons. The lowest BCUT2D eigenvalue weighted by Crippen LogP contribution is -2.42. The Hall–Kier alpha value is -1.89. The van der Waals surface area contributed by atoms with E-state index >= 15 is 0 Å². The van der Waals surface area contributed by atoms with Gasteiger partial charge in [-0.1, -0.05) is 0 Å². The molecule has 2 heterocycles. The van der Waals surface area contributed by atoms with Crippen LogP contribution in [-0.4, -0.2) is 25.2 Å². The van der Waals surface area contributed by atoms with Crippen LogP contribution in [0.25, 0.3) is 11.2 Å². The van der Waals surface area contributed by atoms with Crippen molar-refractivity contribution >= 4 is 11.2 Å². The molecule has 2 aromatic heterocycles. The van der Waals surface area contributed by atoms with Crippen LogP contribution in [0, 0.1) is 0 Å². The van der Waals surface area contributed by atoms with Gasteiger partial charge in [-0.3, -0.25) is 13.9 Å². The van der Waals surface area contributed by atoms with Crippen molar-refractivity contribution < 1.29 is 0 Å². The van der Waals surface area contributed by atoms with Crippen LogP contribution in [0.5, 0.6) is 0 Å². The first kappa shape index (κ1) is 13.5. The van der Waals surface area contributed by atoms with Gasteiger partial charge in [0.2, 0.25) is 0 Å². The van der Waals surface area contributed by atoms with Crippen molar-refractivity contribution in [3.05, 3.63) is 27.2 Å². The summed E-state index contributed by atoms with van der Waals surface area (Å²) >= 11 is 0. The van der Waals surface area contributed by atoms with Crippen molar-refractivity contribution in [1.82, 2.24) is 18.7 Å². The number of aromatic nitrogens is 4. The van der Waals surface area contributed by atoms with Gasteiger partial charge >= 0.3 is 5.69 Å². The fourth-order valence-electron chi connectivity index (χ4n) is 2.23. The second kappa shape index (κ2) is 5.00. The van der Waals surface area contributed by atoms with Crippen LogP contribution in [0.15, 0.2) is 15.9 Å². The third-order valence-electron chi connectivity index (χ3n) is 3.14. The van der Waals surface area contributed by atoms with Crippen LogP contribution in [0.3, 0.4) is 0 Å². The smallest absolute Gasteiger partial charge is 0.329 e. The Labute approximate surface area is 110 Å². The van der Waals surface area contributed by atoms with Crippen molar-refractivity contribution in [2.45, 2.75) is 39.9 Å². The fraction of sp³-hybridized carbons (Fsp3) is 0.583. The predicted octanol–water partition coefficient (Wildman–Crippen LogP) is -0.0808. The zero-order valence-corrected chi connectivity index (χ0v) is 11.5. The summed E-state index contributed by atoms with van der Waals surface area (Å²) in [6, 6.07) is -0.0696. The Balaban J connectivity index is 2.97. The Morgan fingerprint density at radius 2 is 2.05 bits per heavy atom. The molecule has 19 heavy (non-hydrogen) atoms. The maximum Gasteiger partial charge on any atom is 0.333 e. The fourth-order valence-corrected chi connectivity index (χ4v) is 2.23. The maximum atomic E-state index is 12.4. The average Bonchev–Trinajstić information content (AvgIpc) is 2.77. The normalized spacial score (nSPS) is 11.6. The SMILES string of the molecule is CCn1cnc2c1c(=O)n(CCN)c(=O)n2C(C)C. The Bertz CT molecular complexity index is 707. The molecular formula is C12H19N5O2. The van der Waals surface area contributed by atoms with Crippen LogP contribution < -0.4 is 17.0 Å². The van der Waals surface area contributed by atoms with Crippen molar-refractivity contribution in [1.29, 1.82) is 0 Å². The largest absolute Gasteiger partial charge is 0.333 e. The number of hydrogen-bond donors (Lipinski definition) is 1. The van der Waals surface area contributed by atoms with E-state index in [-0.39, 0.29) is 30.4 Å². The summed E-state index contributed by atoms with van der Waals surface area (Å²) in [6.07, 6.45) is 1.59. The highest BCUT2D eigenvalue weighted by Crippen LogP contribution is 2.11. The highest BCUT2D eigenvalue weighted by atomic mass is 16.2. The molecule has 0 aliphatic carbocycles. The highest BCUT2D eigenvalue weighted by Gasteiger charge is 2.18. The van der Waals surface area contributed by atoms with Gasteiger partial charge in [0.25, 0.3) is 5.56 Å². The standard InChI is InChI=1S/C12H19N5O2/c1-4-15-7-14-10-9(15)11(18)16(6-5-13)12(19)17(10)8(2)3/h7-8H,4-6,13H2,1-3H3. The van der Waals surface area contributed by atoms with Crippen LogP contribution >= 0.6 is 0 Å². The Morgan fingerprint density at radius 3 is 2.58 bits per heavy atom. The quantitative estimate of drug-likeness (QED) is 0.837. The molecule has 0 saturated heterocycles. The Kier molecular flexibility index (Phi) is 3.57. The lowest BCUT2D eigenvalue weighted by atomic mass is 10.3. The van der Waals surface area contributed by atoms with E-state index in [4.69, 9.17) is 5.73 Å². The summed E-state index contributed by atoms with van der Waals surface area (Å²) in [5, 5.41) is 0. The third kappa shape index (κ3) is 1.99. The minimum absolute atomic E-state index is 0.0696. The first-order valence-corrected chi connectivity index (χ1v) is 6.43. The highest BCUT2D eigenvalue weighted by molar-refractivity contribution is 5.70. The molecule has 0 atom stereocenters. The summed E-state index contributed by atoms with van der Waals surface area (Å²) in [7, 11) is 0. The van der Waals surface area contributed by atoms with Crippen LogP contribution in [0.4, 0.5) is 0 Å². The first-order chi connectivity index (χ1) is 9.02. The monoisotopic (exact) mass is 265 g/mol. The molecule has 0 saturated carbocycles. The number of fused-ring (bicyclic) bond motifs is 1. The molecule has 7 heteroatoms. The van der Waals surface area contributed by atoms with E-state index in [2.05, 4.69) is 4.98 Å². The van der Waals surface area contributed by atoms with Gasteiger partial charge in [0.05, 0.1) is 6.33 Å². The minimum atomic E-state index is -0.348. The molecule has 0 aromatic carbocycles. The minimum Gasteiger partial charge on any atom is -0.329 e. The summed E-state index contributed by atoms with van der Waals surface area (Å²) in [5.41, 5.74) is 5.73. The lowest BCUT2D eigenvalue weighted by molar-refractivity contribution is 0.525. The van der Waals surface area contributed by atoms with E-state index in [0.717, 1.165) is 0 Å². The van der Waals surface area contributed by atoms with Gasteiger partial charge in [-0.2, -0.15) is 0 Å². The number of nitrogens with two attached hydrogens (primary N) is 1. The third-order valence-corrected chi connectivity index (χ3v) is 3.14. The van der Waals surface area contributed by atoms with Crippen molar-refractivity contribution in [2.75, 3.05) is 6.54 Å². The van der Waals surface area contributed by atoms with Gasteiger partial charge in [-0.05, 0) is 20.8 Å². The second-order valence-electron chi connectivity index (χ2n) is 4.69. The first-order valence-electron chi connectivity index (χ1n) is 6.43. The van der Waals surface area contributed by atoms with Crippen molar-refractivity contribution in [3.63, 3.8) is 0 Å². The molecule has 0 aliphatic rings. The number of rotatable bonds is 4. The molecule has 0 aliphatic heterocycles. The molecule has 0 unspecified atom stereocenters. The van der Waals surface area contributed by atoms with Gasteiger partial charge in [0.1, 0.15) is 0 Å². The molecular weight excluding hydrogens is 246 g/mol. The summed E-state index contributed by atoms with van der Waals surface area (Å²) < 4.78 is 4.48. The molecule has 0 fully saturated rings. The van der Waals surface area contributed by atoms with Crippen LogP contribution in [0.1, 0.15) is 26.8 Å². The van der Waals surface area contributed by atoms with E-state index in [1.54, 1.807) is 15.5 Å². The number of nitrogens with zero attached hydrogens (tertiary/aromatic N) is 4. The van der Waals surface area contributed by atoms with Crippen molar-refractivity contribution in [3.8, 4) is 0 Å². The van der Waals surface area contributed by atoms with Crippen LogP contribution in [0.2, 0.25) is 0 Å². The van der Waals surface area contributed by atoms with E-state index < -0.39 is 0 Å². The number of hydrogen-bond acceptors (Lipinski definition) is 4. The average molecular weight is 265 g/mol. The second-order valence-corrected chi connectivity index (χ2v) is 4.69. The van der Waals surface area contributed by atoms with E-state index in [0.29, 0.717) is 17.7 Å². The summed E-state index contributed by atoms with van der Waals surface area (Å²) in [5.74, 6) is 0. The van der Waals surface area contributed by atoms with Crippen molar-refractivity contribution in [2.24, 2.45) is 5.73 Å². The maximum absolute atomic E-state index is 12.4. The van der Waals surface area contributed by atoms with Gasteiger partial charge in [0, 0.05) is 25.7 Å². The van der Waals surface area contributed by atoms with Gasteiger partial charge in [0.15, 0.2) is 11.2 Å². The molecule has 0 radical (unpaired) electrons. The number of aryl methyl sites for hydroxylation is 1. The molecule has 2 aromatic rings. The van der Waals surface area contributed by atoms with E-state index in [1.165, 1.54) is 4.57 Å². The molecule has 2 rings (SSSR count). The van der Waals surface area contributed by atoms with Gasteiger partial charge in [-0.15, -0.1) is 0 Å². The summed E-state index contributed by atoms with van der Waals surface area (Å²) in [6.45, 7) is 6.81. The molecule has 7 nitrogen and oxygen atoms in total. The predicted molar refractivity (Wildman–Crippen MR) is 73.4 cm³/mol. The van der Waals surface area contributed by atoms with Crippen LogP contribution in [-0.2, 0) is 13.1 Å². The summed E-state index contributed by atoms with van der Waals surface area (Å²) in [4.78, 5) is 29.0. The number of imidazole rings is 1. The van der Waals surface area contributed by atoms with Gasteiger partial charge < -0.3 is 10.3 Å². The zero-order chi connectivity index (χ0) is 14.2. The molecule has 0 spiro atoms. The zero-order valence-electron chi connectivity index (χ0n) is 11.5. The topological polar surface area (TPSA) is 87.8 Å². The molecule has 2 N–H and O–H groups in total. The van der Waals surface area contributed by atoms with E-state index in [9.17, 15) is 9.59 Å². The lowest BCUT2D eigenvalue weighted by Gasteiger charge is -2.14. The Morgan fingerprint density at radius 1 is 1.37 bits per heavy atom. The van der Waals surface area contributed by atoms with Gasteiger partial charge in [-0.25, -0.2) is 9.78 Å². The molecule has 0 bridgehead atoms.